The van der Waals surface area contributed by atoms with Crippen LogP contribution < -0.4 is 0 Å². The molecule has 0 aliphatic heterocycles. The molecule has 1 N–H and O–H groups in total. The topological polar surface area (TPSA) is 50.2 Å². The van der Waals surface area contributed by atoms with Crippen LogP contribution in [-0.4, -0.2) is 16.1 Å². The third-order valence-corrected chi connectivity index (χ3v) is 4.10. The average Bonchev–Trinajstić information content (AvgIpc) is 2.78. The Morgan fingerprint density at radius 2 is 1.80 bits per heavy atom. The highest BCUT2D eigenvalue weighted by Crippen LogP contribution is 2.39. The van der Waals surface area contributed by atoms with Crippen molar-refractivity contribution in [2.45, 2.75) is 26.2 Å². The normalized spacial score (nSPS) is 15.8. The number of hydrogen-bond donors (Lipinski definition) is 1. The van der Waals surface area contributed by atoms with Crippen LogP contribution in [0.15, 0.2) is 42.5 Å². The van der Waals surface area contributed by atoms with Gasteiger partial charge in [-0.25, -0.2) is 0 Å². The first kappa shape index (κ1) is 12.9. The Balaban J connectivity index is 1.94. The van der Waals surface area contributed by atoms with E-state index in [9.17, 15) is 9.90 Å². The SMILES string of the molecule is Cc1cccc(CC2(C(=O)O)Cc3ccccc3C2)n1. The van der Waals surface area contributed by atoms with Gasteiger partial charge in [-0.1, -0.05) is 30.3 Å². The molecule has 0 bridgehead atoms. The highest BCUT2D eigenvalue weighted by Gasteiger charge is 2.44. The zero-order valence-electron chi connectivity index (χ0n) is 11.5. The lowest BCUT2D eigenvalue weighted by molar-refractivity contribution is -0.148. The Hall–Kier alpha value is -2.16. The molecular formula is C17H17NO2. The van der Waals surface area contributed by atoms with E-state index >= 15 is 0 Å². The fourth-order valence-electron chi connectivity index (χ4n) is 3.09. The van der Waals surface area contributed by atoms with Crippen LogP contribution >= 0.6 is 0 Å². The van der Waals surface area contributed by atoms with Crippen LogP contribution in [0.3, 0.4) is 0 Å². The van der Waals surface area contributed by atoms with Crippen LogP contribution in [0.1, 0.15) is 22.5 Å². The van der Waals surface area contributed by atoms with Crippen molar-refractivity contribution in [3.05, 3.63) is 65.0 Å². The van der Waals surface area contributed by atoms with Crippen molar-refractivity contribution in [3.63, 3.8) is 0 Å². The van der Waals surface area contributed by atoms with Crippen molar-refractivity contribution >= 4 is 5.97 Å². The summed E-state index contributed by atoms with van der Waals surface area (Å²) in [6, 6.07) is 13.8. The van der Waals surface area contributed by atoms with E-state index in [4.69, 9.17) is 0 Å². The number of benzene rings is 1. The van der Waals surface area contributed by atoms with Gasteiger partial charge in [-0.15, -0.1) is 0 Å². The third-order valence-electron chi connectivity index (χ3n) is 4.10. The number of carboxylic acids is 1. The molecule has 0 saturated heterocycles. The molecule has 0 atom stereocenters. The van der Waals surface area contributed by atoms with Gasteiger partial charge in [0, 0.05) is 17.8 Å². The molecule has 0 saturated carbocycles. The summed E-state index contributed by atoms with van der Waals surface area (Å²) < 4.78 is 0. The van der Waals surface area contributed by atoms with Gasteiger partial charge in [0.2, 0.25) is 0 Å². The molecule has 1 heterocycles. The number of aromatic nitrogens is 1. The van der Waals surface area contributed by atoms with E-state index in [2.05, 4.69) is 4.98 Å². The minimum Gasteiger partial charge on any atom is -0.481 e. The predicted octanol–water partition coefficient (Wildman–Crippen LogP) is 2.80. The van der Waals surface area contributed by atoms with Crippen LogP contribution in [0.5, 0.6) is 0 Å². The molecule has 3 rings (SSSR count). The van der Waals surface area contributed by atoms with Gasteiger partial charge in [0.1, 0.15) is 0 Å². The fourth-order valence-corrected chi connectivity index (χ4v) is 3.09. The Morgan fingerprint density at radius 1 is 1.15 bits per heavy atom. The summed E-state index contributed by atoms with van der Waals surface area (Å²) in [5.74, 6) is -0.725. The number of rotatable bonds is 3. The lowest BCUT2D eigenvalue weighted by Crippen LogP contribution is -2.34. The molecule has 2 aromatic rings. The van der Waals surface area contributed by atoms with Gasteiger partial charge >= 0.3 is 5.97 Å². The number of carboxylic acid groups (broad SMARTS) is 1. The van der Waals surface area contributed by atoms with Crippen molar-refractivity contribution in [3.8, 4) is 0 Å². The van der Waals surface area contributed by atoms with Crippen molar-refractivity contribution in [1.82, 2.24) is 4.98 Å². The maximum absolute atomic E-state index is 11.9. The summed E-state index contributed by atoms with van der Waals surface area (Å²) in [6.07, 6.45) is 1.67. The van der Waals surface area contributed by atoms with Gasteiger partial charge in [0.05, 0.1) is 5.41 Å². The van der Waals surface area contributed by atoms with Crippen LogP contribution in [0.2, 0.25) is 0 Å². The lowest BCUT2D eigenvalue weighted by Gasteiger charge is -2.23. The first-order chi connectivity index (χ1) is 9.59. The number of pyridine rings is 1. The molecule has 1 aliphatic carbocycles. The van der Waals surface area contributed by atoms with E-state index in [1.165, 1.54) is 0 Å². The molecule has 0 spiro atoms. The van der Waals surface area contributed by atoms with Gasteiger partial charge in [0.15, 0.2) is 0 Å². The van der Waals surface area contributed by atoms with Gasteiger partial charge < -0.3 is 5.11 Å². The van der Waals surface area contributed by atoms with E-state index < -0.39 is 11.4 Å². The van der Waals surface area contributed by atoms with E-state index in [0.717, 1.165) is 22.5 Å². The summed E-state index contributed by atoms with van der Waals surface area (Å²) in [5, 5.41) is 9.74. The van der Waals surface area contributed by atoms with Crippen LogP contribution in [0.25, 0.3) is 0 Å². The van der Waals surface area contributed by atoms with Crippen molar-refractivity contribution in [2.75, 3.05) is 0 Å². The second-order valence-corrected chi connectivity index (χ2v) is 5.65. The van der Waals surface area contributed by atoms with Crippen LogP contribution in [0, 0.1) is 12.3 Å². The summed E-state index contributed by atoms with van der Waals surface area (Å²) in [6.45, 7) is 1.93. The van der Waals surface area contributed by atoms with Crippen molar-refractivity contribution in [2.24, 2.45) is 5.41 Å². The van der Waals surface area contributed by atoms with E-state index in [1.807, 2.05) is 49.4 Å². The fraction of sp³-hybridized carbons (Fsp3) is 0.294. The maximum atomic E-state index is 11.9. The highest BCUT2D eigenvalue weighted by atomic mass is 16.4. The van der Waals surface area contributed by atoms with Crippen molar-refractivity contribution < 1.29 is 9.90 Å². The van der Waals surface area contributed by atoms with E-state index in [-0.39, 0.29) is 0 Å². The van der Waals surface area contributed by atoms with Crippen molar-refractivity contribution in [1.29, 1.82) is 0 Å². The summed E-state index contributed by atoms with van der Waals surface area (Å²) in [7, 11) is 0. The number of aryl methyl sites for hydroxylation is 1. The first-order valence-electron chi connectivity index (χ1n) is 6.82. The van der Waals surface area contributed by atoms with Gasteiger partial charge in [-0.3, -0.25) is 9.78 Å². The quantitative estimate of drug-likeness (QED) is 0.930. The lowest BCUT2D eigenvalue weighted by atomic mass is 9.80. The minimum atomic E-state index is -0.746. The second-order valence-electron chi connectivity index (χ2n) is 5.65. The highest BCUT2D eigenvalue weighted by molar-refractivity contribution is 5.77. The molecule has 0 fully saturated rings. The average molecular weight is 267 g/mol. The minimum absolute atomic E-state index is 0.485. The van der Waals surface area contributed by atoms with E-state index in [0.29, 0.717) is 19.3 Å². The molecule has 1 aliphatic rings. The standard InChI is InChI=1S/C17H17NO2/c1-12-5-4-8-15(18-12)11-17(16(19)20)9-13-6-2-3-7-14(13)10-17/h2-8H,9-11H2,1H3,(H,19,20). The summed E-state index contributed by atoms with van der Waals surface area (Å²) in [4.78, 5) is 16.3. The van der Waals surface area contributed by atoms with Gasteiger partial charge in [0.25, 0.3) is 0 Å². The Labute approximate surface area is 118 Å². The number of hydrogen-bond acceptors (Lipinski definition) is 2. The summed E-state index contributed by atoms with van der Waals surface area (Å²) >= 11 is 0. The molecule has 0 unspecified atom stereocenters. The van der Waals surface area contributed by atoms with Gasteiger partial charge in [-0.05, 0) is 43.0 Å². The number of fused-ring (bicyclic) bond motifs is 1. The number of carbonyl (C=O) groups is 1. The Bertz CT molecular complexity index is 639. The summed E-state index contributed by atoms with van der Waals surface area (Å²) in [5.41, 5.74) is 3.36. The molecule has 1 aromatic heterocycles. The zero-order chi connectivity index (χ0) is 14.2. The smallest absolute Gasteiger partial charge is 0.310 e. The van der Waals surface area contributed by atoms with Crippen LogP contribution in [0.4, 0.5) is 0 Å². The van der Waals surface area contributed by atoms with E-state index in [1.54, 1.807) is 0 Å². The molecule has 3 nitrogen and oxygen atoms in total. The molecule has 0 amide bonds. The maximum Gasteiger partial charge on any atom is 0.310 e. The van der Waals surface area contributed by atoms with Crippen LogP contribution in [-0.2, 0) is 24.1 Å². The largest absolute Gasteiger partial charge is 0.481 e. The first-order valence-corrected chi connectivity index (χ1v) is 6.82. The Kier molecular flexibility index (Phi) is 3.05. The number of nitrogens with zero attached hydrogens (tertiary/aromatic N) is 1. The molecule has 0 radical (unpaired) electrons. The third kappa shape index (κ3) is 2.20. The Morgan fingerprint density at radius 3 is 2.35 bits per heavy atom. The number of aliphatic carboxylic acids is 1. The molecule has 3 heteroatoms. The molecule has 102 valence electrons. The molecule has 20 heavy (non-hydrogen) atoms. The molecule has 1 aromatic carbocycles. The molecular weight excluding hydrogens is 250 g/mol. The monoisotopic (exact) mass is 267 g/mol. The zero-order valence-corrected chi connectivity index (χ0v) is 11.5. The second kappa shape index (κ2) is 4.75. The van der Waals surface area contributed by atoms with Gasteiger partial charge in [-0.2, -0.15) is 0 Å². The predicted molar refractivity (Wildman–Crippen MR) is 76.6 cm³/mol.